The van der Waals surface area contributed by atoms with Crippen molar-refractivity contribution < 1.29 is 43.5 Å². The number of aliphatic hydroxyl groups is 2. The van der Waals surface area contributed by atoms with Crippen LogP contribution in [-0.2, 0) is 22.7 Å². The van der Waals surface area contributed by atoms with E-state index in [-0.39, 0.29) is 69.8 Å². The number of unbranched alkanes of at least 4 members (excludes halogenated alkanes) is 2. The van der Waals surface area contributed by atoms with E-state index in [4.69, 9.17) is 33.7 Å². The van der Waals surface area contributed by atoms with E-state index in [9.17, 15) is 15.5 Å². The van der Waals surface area contributed by atoms with Crippen LogP contribution in [0.25, 0.3) is 0 Å². The number of fused-ring (bicyclic) bond motifs is 3. The van der Waals surface area contributed by atoms with Crippen molar-refractivity contribution in [3.8, 4) is 34.8 Å². The van der Waals surface area contributed by atoms with Crippen LogP contribution >= 0.6 is 11.8 Å². The number of amides is 1. The van der Waals surface area contributed by atoms with E-state index in [1.54, 1.807) is 42.1 Å². The van der Waals surface area contributed by atoms with Gasteiger partial charge in [0.05, 0.1) is 29.9 Å². The Morgan fingerprint density at radius 3 is 2.37 bits per heavy atom. The minimum absolute atomic E-state index is 0.00577. The molecule has 362 valence electrons. The van der Waals surface area contributed by atoms with Gasteiger partial charge in [0.1, 0.15) is 29.9 Å². The van der Waals surface area contributed by atoms with E-state index in [2.05, 4.69) is 24.8 Å². The number of rotatable bonds is 21. The molecule has 0 saturated heterocycles. The summed E-state index contributed by atoms with van der Waals surface area (Å²) in [5.74, 6) is 0.566. The summed E-state index contributed by atoms with van der Waals surface area (Å²) in [5.41, 5.74) is 5.10. The topological polar surface area (TPSA) is 152 Å². The van der Waals surface area contributed by atoms with E-state index in [0.29, 0.717) is 58.4 Å². The zero-order chi connectivity index (χ0) is 48.5. The molecule has 5 aromatic carbocycles. The van der Waals surface area contributed by atoms with Gasteiger partial charge in [0, 0.05) is 48.1 Å². The number of benzene rings is 5. The van der Waals surface area contributed by atoms with Gasteiger partial charge in [0.2, 0.25) is 12.6 Å². The maximum Gasteiger partial charge on any atom is 0.254 e. The van der Waals surface area contributed by atoms with Crippen molar-refractivity contribution in [1.29, 1.82) is 5.26 Å². The van der Waals surface area contributed by atoms with Crippen LogP contribution in [0.5, 0.6) is 28.7 Å². The van der Waals surface area contributed by atoms with Crippen molar-refractivity contribution in [3.05, 3.63) is 167 Å². The Hall–Kier alpha value is -6.56. The van der Waals surface area contributed by atoms with Crippen LogP contribution in [0.2, 0.25) is 0 Å². The fourth-order valence-electron chi connectivity index (χ4n) is 10.7. The van der Waals surface area contributed by atoms with Gasteiger partial charge in [-0.3, -0.25) is 4.79 Å². The Balaban J connectivity index is 1.26. The number of allylic oxidation sites excluding steroid dienone is 1. The average molecular weight is 962 g/mol. The number of oxime groups is 1. The molecule has 0 unspecified atom stereocenters. The number of hydrogen-bond acceptors (Lipinski definition) is 12. The van der Waals surface area contributed by atoms with Gasteiger partial charge in [0.25, 0.3) is 5.91 Å². The zero-order valence-electron chi connectivity index (χ0n) is 39.4. The molecular formula is C57H59N3O9S. The molecule has 6 atom stereocenters. The quantitative estimate of drug-likeness (QED) is 0.0313. The third kappa shape index (κ3) is 10.3. The van der Waals surface area contributed by atoms with Gasteiger partial charge in [-0.2, -0.15) is 5.26 Å². The molecule has 0 bridgehead atoms. The average Bonchev–Trinajstić information content (AvgIpc) is 3.87. The Bertz CT molecular complexity index is 2720. The number of nitrogens with zero attached hydrogens (tertiary/aromatic N) is 3. The van der Waals surface area contributed by atoms with Crippen LogP contribution in [0.3, 0.4) is 0 Å². The van der Waals surface area contributed by atoms with E-state index < -0.39 is 17.7 Å². The highest BCUT2D eigenvalue weighted by atomic mass is 32.2. The number of carbonyl (C=O) groups is 1. The smallest absolute Gasteiger partial charge is 0.254 e. The van der Waals surface area contributed by atoms with Crippen LogP contribution in [0.15, 0.2) is 150 Å². The number of aliphatic hydroxyl groups excluding tert-OH is 2. The van der Waals surface area contributed by atoms with E-state index in [1.165, 1.54) is 0 Å². The number of ether oxygens (including phenoxy) is 5. The first kappa shape index (κ1) is 48.5. The molecule has 2 N–H and O–H groups in total. The highest BCUT2D eigenvalue weighted by molar-refractivity contribution is 7.98. The summed E-state index contributed by atoms with van der Waals surface area (Å²) in [7, 11) is 0. The lowest BCUT2D eigenvalue weighted by Gasteiger charge is -2.60. The third-order valence-corrected chi connectivity index (χ3v) is 14.6. The molecule has 70 heavy (non-hydrogen) atoms. The van der Waals surface area contributed by atoms with Crippen LogP contribution in [0.1, 0.15) is 83.5 Å². The fourth-order valence-corrected chi connectivity index (χ4v) is 11.1. The molecule has 12 nitrogen and oxygen atoms in total. The summed E-state index contributed by atoms with van der Waals surface area (Å²) in [4.78, 5) is 24.8. The summed E-state index contributed by atoms with van der Waals surface area (Å²) in [6.07, 6.45) is 10.7. The molecule has 2 heterocycles. The summed E-state index contributed by atoms with van der Waals surface area (Å²) >= 11 is 1.67. The Labute approximate surface area is 414 Å². The maximum absolute atomic E-state index is 15.6. The van der Waals surface area contributed by atoms with Crippen LogP contribution < -0.4 is 18.9 Å². The number of nitriles is 1. The van der Waals surface area contributed by atoms with Crippen molar-refractivity contribution in [1.82, 2.24) is 4.90 Å². The predicted octanol–water partition coefficient (Wildman–Crippen LogP) is 11.0. The second-order valence-electron chi connectivity index (χ2n) is 18.1. The Morgan fingerprint density at radius 2 is 1.63 bits per heavy atom. The van der Waals surface area contributed by atoms with Crippen molar-refractivity contribution in [2.45, 2.75) is 80.7 Å². The molecule has 1 saturated carbocycles. The van der Waals surface area contributed by atoms with Gasteiger partial charge in [-0.25, -0.2) is 0 Å². The zero-order valence-corrected chi connectivity index (χ0v) is 40.2. The van der Waals surface area contributed by atoms with E-state index in [1.807, 2.05) is 96.1 Å². The van der Waals surface area contributed by atoms with Gasteiger partial charge >= 0.3 is 0 Å². The largest absolute Gasteiger partial charge is 0.459 e. The second kappa shape index (κ2) is 22.5. The van der Waals surface area contributed by atoms with Gasteiger partial charge < -0.3 is 43.6 Å². The molecule has 13 heteroatoms. The molecule has 4 aliphatic rings. The molecule has 0 spiro atoms. The van der Waals surface area contributed by atoms with Crippen molar-refractivity contribution in [2.24, 2.45) is 22.9 Å². The summed E-state index contributed by atoms with van der Waals surface area (Å²) in [5, 5.41) is 34.9. The lowest BCUT2D eigenvalue weighted by Crippen LogP contribution is -2.70. The predicted molar refractivity (Wildman–Crippen MR) is 268 cm³/mol. The lowest BCUT2D eigenvalue weighted by atomic mass is 9.55. The van der Waals surface area contributed by atoms with Gasteiger partial charge in [-0.15, -0.1) is 18.3 Å². The second-order valence-corrected chi connectivity index (χ2v) is 19.0. The van der Waals surface area contributed by atoms with Crippen molar-refractivity contribution >= 4 is 23.4 Å². The van der Waals surface area contributed by atoms with E-state index >= 15 is 4.79 Å². The maximum atomic E-state index is 15.6. The number of carbonyl (C=O) groups excluding carboxylic acids is 1. The minimum atomic E-state index is -1.52. The van der Waals surface area contributed by atoms with Crippen molar-refractivity contribution in [3.63, 3.8) is 0 Å². The van der Waals surface area contributed by atoms with Gasteiger partial charge in [0.15, 0.2) is 11.5 Å². The summed E-state index contributed by atoms with van der Waals surface area (Å²) < 4.78 is 32.9. The van der Waals surface area contributed by atoms with Crippen LogP contribution in [0, 0.1) is 29.1 Å². The first-order chi connectivity index (χ1) is 34.4. The molecule has 5 aromatic rings. The molecule has 0 radical (unpaired) electrons. The normalized spacial score (nSPS) is 22.2. The Kier molecular flexibility index (Phi) is 15.6. The monoisotopic (exact) mass is 961 g/mol. The highest BCUT2D eigenvalue weighted by Crippen LogP contribution is 2.62. The molecule has 1 fully saturated rings. The SMILES string of the molecule is C=CCO[C@@]12Oc3ccc(Oc4ccc(SC)cc4)cc3[C@H]3[C@H](CCCCO)[C@@H](CCCCO)C=C(C(=NOCc4ccccc4)C[C@@H]1N(Cc1ccc4c(c1)OCO4)C(=O)c1ccc(C#N)cc1)[C@H]32. The molecular weight excluding hydrogens is 903 g/mol. The van der Waals surface area contributed by atoms with Gasteiger partial charge in [-0.1, -0.05) is 66.5 Å². The van der Waals surface area contributed by atoms with Gasteiger partial charge in [-0.05, 0) is 139 Å². The third-order valence-electron chi connectivity index (χ3n) is 13.9. The minimum Gasteiger partial charge on any atom is -0.459 e. The molecule has 2 aliphatic carbocycles. The highest BCUT2D eigenvalue weighted by Gasteiger charge is 2.65. The molecule has 9 rings (SSSR count). The Morgan fingerprint density at radius 1 is 0.886 bits per heavy atom. The van der Waals surface area contributed by atoms with Crippen LogP contribution in [-0.4, -0.2) is 71.4 Å². The standard InChI is InChI=1S/C57H59N3O9S/c1-3-29-66-57-53(60(56(63)41-18-15-38(34-58)16-19-41)35-40-17-25-51-52(30-40)65-37-64-51)33-49(59-67-36-39-11-5-4-6-12-39)47-31-42(13-7-9-27-61)46(14-8-10-28-62)54(55(47)57)48-32-44(22-26-50(48)69-57)68-43-20-23-45(70-2)24-21-43/h3-6,11-12,15-26,30-32,42,46,53-55,61-62H,1,7-10,13-14,27-29,33,35-37H2,2H3/t42-,46+,53-,54+,55+,57+/m0/s1. The fraction of sp³-hybridized carbons (Fsp3) is 0.351. The van der Waals surface area contributed by atoms with Crippen LogP contribution in [0.4, 0.5) is 0 Å². The molecule has 1 amide bonds. The van der Waals surface area contributed by atoms with E-state index in [0.717, 1.165) is 52.8 Å². The number of hydrogen-bond donors (Lipinski definition) is 2. The lowest BCUT2D eigenvalue weighted by molar-refractivity contribution is -0.255. The molecule has 2 aliphatic heterocycles. The number of thioether (sulfide) groups is 1. The summed E-state index contributed by atoms with van der Waals surface area (Å²) in [6, 6.07) is 37.5. The summed E-state index contributed by atoms with van der Waals surface area (Å²) in [6.45, 7) is 4.80. The first-order valence-electron chi connectivity index (χ1n) is 24.1. The molecule has 0 aromatic heterocycles. The first-order valence-corrected chi connectivity index (χ1v) is 25.3. The van der Waals surface area contributed by atoms with Crippen molar-refractivity contribution in [2.75, 3.05) is 32.9 Å².